The van der Waals surface area contributed by atoms with Gasteiger partial charge < -0.3 is 4.74 Å². The van der Waals surface area contributed by atoms with E-state index in [0.717, 1.165) is 5.69 Å². The van der Waals surface area contributed by atoms with E-state index in [1.54, 1.807) is 19.4 Å². The lowest BCUT2D eigenvalue weighted by molar-refractivity contribution is 0.411. The third-order valence-corrected chi connectivity index (χ3v) is 1.03. The highest BCUT2D eigenvalue weighted by Gasteiger charge is 1.87. The van der Waals surface area contributed by atoms with Crippen LogP contribution in [0, 0.1) is 13.0 Å². The fourth-order valence-electron chi connectivity index (χ4n) is 0.522. The molecule has 0 saturated carbocycles. The molecule has 47 valence electrons. The van der Waals surface area contributed by atoms with Gasteiger partial charge in [-0.25, -0.2) is 0 Å². The number of methoxy groups -OCH3 is 1. The van der Waals surface area contributed by atoms with Crippen molar-refractivity contribution in [3.63, 3.8) is 0 Å². The third-order valence-electron chi connectivity index (χ3n) is 1.03. The molecule has 9 heavy (non-hydrogen) atoms. The Hall–Kier alpha value is -1.05. The Bertz CT molecular complexity index is 181. The first-order valence-electron chi connectivity index (χ1n) is 2.71. The summed E-state index contributed by atoms with van der Waals surface area (Å²) in [6.45, 7) is 1.91. The summed E-state index contributed by atoms with van der Waals surface area (Å²) in [6.07, 6.45) is 1.65. The molecule has 1 radical (unpaired) electrons. The smallest absolute Gasteiger partial charge is 0.145 e. The van der Waals surface area contributed by atoms with Gasteiger partial charge in [-0.15, -0.1) is 0 Å². The van der Waals surface area contributed by atoms with E-state index in [4.69, 9.17) is 4.74 Å². The lowest BCUT2D eigenvalue weighted by Crippen LogP contribution is -1.84. The van der Waals surface area contributed by atoms with Gasteiger partial charge in [-0.2, -0.15) is 0 Å². The van der Waals surface area contributed by atoms with Crippen molar-refractivity contribution in [3.05, 3.63) is 24.0 Å². The fraction of sp³-hybridized carbons (Fsp3) is 0.286. The van der Waals surface area contributed by atoms with Gasteiger partial charge in [-0.1, -0.05) is 0 Å². The van der Waals surface area contributed by atoms with E-state index >= 15 is 0 Å². The van der Waals surface area contributed by atoms with E-state index in [-0.39, 0.29) is 0 Å². The van der Waals surface area contributed by atoms with Crippen molar-refractivity contribution in [1.82, 2.24) is 4.98 Å². The summed E-state index contributed by atoms with van der Waals surface area (Å²) in [7, 11) is 1.60. The van der Waals surface area contributed by atoms with Crippen LogP contribution < -0.4 is 4.74 Å². The Labute approximate surface area is 54.5 Å². The van der Waals surface area contributed by atoms with E-state index in [0.29, 0.717) is 5.75 Å². The van der Waals surface area contributed by atoms with Crippen LogP contribution >= 0.6 is 0 Å². The molecule has 1 heterocycles. The average Bonchev–Trinajstić information content (AvgIpc) is 1.90. The molecule has 0 aliphatic carbocycles. The molecule has 0 aliphatic rings. The molecule has 1 rings (SSSR count). The normalized spacial score (nSPS) is 9.11. The number of hydrogen-bond acceptors (Lipinski definition) is 2. The number of nitrogens with zero attached hydrogens (tertiary/aromatic N) is 1. The minimum absolute atomic E-state index is 0.681. The summed E-state index contributed by atoms with van der Waals surface area (Å²) in [4.78, 5) is 3.99. The number of aromatic nitrogens is 1. The van der Waals surface area contributed by atoms with Crippen LogP contribution in [0.15, 0.2) is 12.3 Å². The zero-order valence-electron chi connectivity index (χ0n) is 5.51. The second-order valence-electron chi connectivity index (χ2n) is 1.76. The Balaban J connectivity index is 2.88. The first kappa shape index (κ1) is 6.08. The van der Waals surface area contributed by atoms with Crippen LogP contribution in [0.5, 0.6) is 5.75 Å². The fourth-order valence-corrected chi connectivity index (χ4v) is 0.522. The maximum atomic E-state index is 4.85. The molecule has 2 heteroatoms. The zero-order valence-corrected chi connectivity index (χ0v) is 5.51. The maximum Gasteiger partial charge on any atom is 0.145 e. The van der Waals surface area contributed by atoms with Gasteiger partial charge in [-0.05, 0) is 13.0 Å². The van der Waals surface area contributed by atoms with Gasteiger partial charge in [0.2, 0.25) is 0 Å². The van der Waals surface area contributed by atoms with Gasteiger partial charge in [0.25, 0.3) is 0 Å². The number of pyridine rings is 1. The molecular formula is C7H8NO. The van der Waals surface area contributed by atoms with Crippen LogP contribution in [-0.4, -0.2) is 12.1 Å². The summed E-state index contributed by atoms with van der Waals surface area (Å²) in [5.41, 5.74) is 0.954. The highest BCUT2D eigenvalue weighted by atomic mass is 16.5. The number of ether oxygens (including phenoxy) is 1. The summed E-state index contributed by atoms with van der Waals surface area (Å²) in [5, 5.41) is 0. The first-order valence-corrected chi connectivity index (χ1v) is 2.71. The van der Waals surface area contributed by atoms with E-state index in [9.17, 15) is 0 Å². The molecule has 1 aromatic heterocycles. The van der Waals surface area contributed by atoms with E-state index < -0.39 is 0 Å². The van der Waals surface area contributed by atoms with Crippen molar-refractivity contribution < 1.29 is 4.74 Å². The Morgan fingerprint density at radius 2 is 2.44 bits per heavy atom. The van der Waals surface area contributed by atoms with Crippen molar-refractivity contribution in [2.24, 2.45) is 0 Å². The molecule has 0 aromatic carbocycles. The second kappa shape index (κ2) is 2.49. The minimum atomic E-state index is 0.681. The lowest BCUT2D eigenvalue weighted by atomic mass is 10.4. The number of rotatable bonds is 1. The van der Waals surface area contributed by atoms with E-state index in [1.807, 2.05) is 6.92 Å². The van der Waals surface area contributed by atoms with Gasteiger partial charge in [0.05, 0.1) is 13.3 Å². The summed E-state index contributed by atoms with van der Waals surface area (Å²) >= 11 is 0. The minimum Gasteiger partial charge on any atom is -0.494 e. The van der Waals surface area contributed by atoms with Crippen LogP contribution in [0.25, 0.3) is 0 Å². The Morgan fingerprint density at radius 3 is 2.89 bits per heavy atom. The molecule has 0 N–H and O–H groups in total. The van der Waals surface area contributed by atoms with Crippen molar-refractivity contribution in [1.29, 1.82) is 0 Å². The van der Waals surface area contributed by atoms with Crippen molar-refractivity contribution in [3.8, 4) is 5.75 Å². The zero-order chi connectivity index (χ0) is 6.69. The van der Waals surface area contributed by atoms with Gasteiger partial charge in [0.1, 0.15) is 5.75 Å². The predicted molar refractivity (Wildman–Crippen MR) is 34.4 cm³/mol. The highest BCUT2D eigenvalue weighted by molar-refractivity contribution is 5.16. The standard InChI is InChI=1S/C7H8NO/c1-6-3-4-7(9-2)5-8-6/h3,5H,1-2H3. The molecular weight excluding hydrogens is 114 g/mol. The Kier molecular flexibility index (Phi) is 1.68. The summed E-state index contributed by atoms with van der Waals surface area (Å²) in [5.74, 6) is 0.681. The maximum absolute atomic E-state index is 4.85. The van der Waals surface area contributed by atoms with E-state index in [2.05, 4.69) is 11.1 Å². The Morgan fingerprint density at radius 1 is 1.67 bits per heavy atom. The van der Waals surface area contributed by atoms with Crippen LogP contribution in [0.1, 0.15) is 5.69 Å². The van der Waals surface area contributed by atoms with Crippen molar-refractivity contribution >= 4 is 0 Å². The van der Waals surface area contributed by atoms with Crippen LogP contribution in [-0.2, 0) is 0 Å². The van der Waals surface area contributed by atoms with Crippen LogP contribution in [0.4, 0.5) is 0 Å². The molecule has 0 spiro atoms. The third kappa shape index (κ3) is 1.42. The predicted octanol–water partition coefficient (Wildman–Crippen LogP) is 1.20. The van der Waals surface area contributed by atoms with Crippen molar-refractivity contribution in [2.45, 2.75) is 6.92 Å². The molecule has 2 nitrogen and oxygen atoms in total. The molecule has 0 aliphatic heterocycles. The quantitative estimate of drug-likeness (QED) is 0.558. The molecule has 0 bridgehead atoms. The molecule has 0 amide bonds. The molecule has 0 unspecified atom stereocenters. The van der Waals surface area contributed by atoms with Gasteiger partial charge in [0.15, 0.2) is 0 Å². The van der Waals surface area contributed by atoms with Gasteiger partial charge in [-0.3, -0.25) is 4.98 Å². The van der Waals surface area contributed by atoms with Crippen LogP contribution in [0.2, 0.25) is 0 Å². The first-order chi connectivity index (χ1) is 4.33. The second-order valence-corrected chi connectivity index (χ2v) is 1.76. The van der Waals surface area contributed by atoms with Gasteiger partial charge in [0, 0.05) is 11.8 Å². The van der Waals surface area contributed by atoms with Crippen molar-refractivity contribution in [2.75, 3.05) is 7.11 Å². The SMILES string of the molecule is COc1[c]cc(C)nc1. The topological polar surface area (TPSA) is 22.1 Å². The number of aryl methyl sites for hydroxylation is 1. The number of hydrogen-bond donors (Lipinski definition) is 0. The lowest BCUT2D eigenvalue weighted by Gasteiger charge is -1.95. The summed E-state index contributed by atoms with van der Waals surface area (Å²) in [6, 6.07) is 4.69. The molecule has 0 saturated heterocycles. The van der Waals surface area contributed by atoms with Crippen LogP contribution in [0.3, 0.4) is 0 Å². The van der Waals surface area contributed by atoms with Gasteiger partial charge >= 0.3 is 0 Å². The monoisotopic (exact) mass is 122 g/mol. The molecule has 0 atom stereocenters. The molecule has 1 aromatic rings. The van der Waals surface area contributed by atoms with E-state index in [1.165, 1.54) is 0 Å². The molecule has 0 fully saturated rings. The average molecular weight is 122 g/mol. The largest absolute Gasteiger partial charge is 0.494 e. The summed E-state index contributed by atoms with van der Waals surface area (Å²) < 4.78 is 4.85. The highest BCUT2D eigenvalue weighted by Crippen LogP contribution is 2.04.